The van der Waals surface area contributed by atoms with Crippen LogP contribution in [0.15, 0.2) is 24.3 Å². The number of halogens is 1. The average Bonchev–Trinajstić information content (AvgIpc) is 3.10. The quantitative estimate of drug-likeness (QED) is 0.505. The maximum absolute atomic E-state index is 13.7. The molecule has 0 aromatic heterocycles. The van der Waals surface area contributed by atoms with Gasteiger partial charge in [0.2, 0.25) is 0 Å². The van der Waals surface area contributed by atoms with Gasteiger partial charge in [0.1, 0.15) is 23.6 Å². The van der Waals surface area contributed by atoms with Crippen LogP contribution in [0.25, 0.3) is 0 Å². The van der Waals surface area contributed by atoms with Crippen LogP contribution in [0.4, 0.5) is 9.18 Å². The van der Waals surface area contributed by atoms with Gasteiger partial charge in [0.15, 0.2) is 0 Å². The van der Waals surface area contributed by atoms with E-state index in [2.05, 4.69) is 20.8 Å². The van der Waals surface area contributed by atoms with Gasteiger partial charge >= 0.3 is 12.1 Å². The Kier molecular flexibility index (Phi) is 8.07. The summed E-state index contributed by atoms with van der Waals surface area (Å²) in [6, 6.07) is 5.82. The molecule has 1 aliphatic carbocycles. The lowest BCUT2D eigenvalue weighted by Gasteiger charge is -2.37. The molecule has 5 nitrogen and oxygen atoms in total. The Morgan fingerprint density at radius 2 is 1.91 bits per heavy atom. The number of esters is 1. The van der Waals surface area contributed by atoms with Crippen LogP contribution < -0.4 is 0 Å². The summed E-state index contributed by atoms with van der Waals surface area (Å²) in [6.07, 6.45) is 3.53. The number of nitrogens with zero attached hydrogens (tertiary/aromatic N) is 1. The lowest BCUT2D eigenvalue weighted by molar-refractivity contribution is -0.161. The van der Waals surface area contributed by atoms with Gasteiger partial charge in [0, 0.05) is 6.54 Å². The number of ether oxygens (including phenoxy) is 2. The minimum atomic E-state index is -0.677. The van der Waals surface area contributed by atoms with Crippen LogP contribution in [0.2, 0.25) is 0 Å². The molecule has 3 unspecified atom stereocenters. The van der Waals surface area contributed by atoms with Crippen molar-refractivity contribution in [3.63, 3.8) is 0 Å². The first kappa shape index (κ1) is 25.5. The monoisotopic (exact) mass is 461 g/mol. The first-order chi connectivity index (χ1) is 15.4. The van der Waals surface area contributed by atoms with Crippen LogP contribution in [0, 0.1) is 29.5 Å². The summed E-state index contributed by atoms with van der Waals surface area (Å²) in [7, 11) is 0. The van der Waals surface area contributed by atoms with E-state index in [0.717, 1.165) is 24.8 Å². The van der Waals surface area contributed by atoms with Crippen molar-refractivity contribution in [3.05, 3.63) is 35.6 Å². The standard InChI is InChI=1S/C27H40FNO4/c1-17(2)22-11-10-18(3)12-24(22)32-25(30)23-15-20(13-19-8-7-9-21(28)14-19)16-29(23)26(31)33-27(4,5)6/h7-9,14,17-18,20,22-24H,10-13,15-16H2,1-6H3/t18-,20?,22+,23?,24?/m1/s1. The highest BCUT2D eigenvalue weighted by Gasteiger charge is 2.44. The SMILES string of the molecule is CC(C)[C@@H]1CC[C@@H](C)CC1OC(=O)C1CC(Cc2cccc(F)c2)CN1C(=O)OC(C)(C)C. The van der Waals surface area contributed by atoms with Crippen LogP contribution in [0.5, 0.6) is 0 Å². The van der Waals surface area contributed by atoms with E-state index >= 15 is 0 Å². The summed E-state index contributed by atoms with van der Waals surface area (Å²) in [5.74, 6) is 0.697. The minimum Gasteiger partial charge on any atom is -0.461 e. The molecule has 5 atom stereocenters. The third-order valence-electron chi connectivity index (χ3n) is 6.93. The van der Waals surface area contributed by atoms with Crippen molar-refractivity contribution in [2.75, 3.05) is 6.54 Å². The first-order valence-corrected chi connectivity index (χ1v) is 12.4. The number of likely N-dealkylation sites (tertiary alicyclic amines) is 1. The molecule has 184 valence electrons. The lowest BCUT2D eigenvalue weighted by atomic mass is 9.75. The van der Waals surface area contributed by atoms with Gasteiger partial charge in [-0.15, -0.1) is 0 Å². The Labute approximate surface area is 198 Å². The molecule has 1 amide bonds. The van der Waals surface area contributed by atoms with Crippen LogP contribution in [0.3, 0.4) is 0 Å². The third-order valence-corrected chi connectivity index (χ3v) is 6.93. The van der Waals surface area contributed by atoms with E-state index < -0.39 is 17.7 Å². The van der Waals surface area contributed by atoms with E-state index in [1.165, 1.54) is 17.0 Å². The van der Waals surface area contributed by atoms with Crippen molar-refractivity contribution in [2.45, 2.75) is 91.4 Å². The van der Waals surface area contributed by atoms with Crippen molar-refractivity contribution in [1.82, 2.24) is 4.90 Å². The highest BCUT2D eigenvalue weighted by atomic mass is 19.1. The topological polar surface area (TPSA) is 55.8 Å². The second kappa shape index (κ2) is 10.4. The van der Waals surface area contributed by atoms with E-state index in [9.17, 15) is 14.0 Å². The van der Waals surface area contributed by atoms with Crippen LogP contribution >= 0.6 is 0 Å². The Morgan fingerprint density at radius 3 is 2.55 bits per heavy atom. The number of benzene rings is 1. The number of carbonyl (C=O) groups is 2. The van der Waals surface area contributed by atoms with Gasteiger partial charge in [-0.2, -0.15) is 0 Å². The molecule has 1 aromatic rings. The van der Waals surface area contributed by atoms with Crippen molar-refractivity contribution in [3.8, 4) is 0 Å². The number of amides is 1. The molecule has 1 saturated carbocycles. The molecule has 1 heterocycles. The van der Waals surface area contributed by atoms with E-state index in [-0.39, 0.29) is 23.8 Å². The van der Waals surface area contributed by atoms with Crippen molar-refractivity contribution in [1.29, 1.82) is 0 Å². The van der Waals surface area contributed by atoms with Crippen molar-refractivity contribution in [2.24, 2.45) is 23.7 Å². The predicted octanol–water partition coefficient (Wildman–Crippen LogP) is 6.00. The Bertz CT molecular complexity index is 834. The number of hydrogen-bond donors (Lipinski definition) is 0. The van der Waals surface area contributed by atoms with Crippen LogP contribution in [-0.2, 0) is 20.7 Å². The van der Waals surface area contributed by atoms with Crippen molar-refractivity contribution >= 4 is 12.1 Å². The van der Waals surface area contributed by atoms with Gasteiger partial charge in [0.05, 0.1) is 0 Å². The fourth-order valence-electron chi connectivity index (χ4n) is 5.29. The minimum absolute atomic E-state index is 0.0306. The maximum Gasteiger partial charge on any atom is 0.411 e. The summed E-state index contributed by atoms with van der Waals surface area (Å²) < 4.78 is 25.4. The summed E-state index contributed by atoms with van der Waals surface area (Å²) >= 11 is 0. The zero-order chi connectivity index (χ0) is 24.3. The molecule has 0 bridgehead atoms. The smallest absolute Gasteiger partial charge is 0.411 e. The molecule has 1 saturated heterocycles. The normalized spacial score (nSPS) is 28.1. The molecule has 2 fully saturated rings. The largest absolute Gasteiger partial charge is 0.461 e. The predicted molar refractivity (Wildman–Crippen MR) is 126 cm³/mol. The fourth-order valence-corrected chi connectivity index (χ4v) is 5.29. The van der Waals surface area contributed by atoms with Crippen LogP contribution in [0.1, 0.15) is 72.8 Å². The summed E-state index contributed by atoms with van der Waals surface area (Å²) in [5.41, 5.74) is 0.201. The number of hydrogen-bond acceptors (Lipinski definition) is 4. The molecule has 0 spiro atoms. The zero-order valence-electron chi connectivity index (χ0n) is 21.0. The van der Waals surface area contributed by atoms with E-state index in [1.54, 1.807) is 6.07 Å². The lowest BCUT2D eigenvalue weighted by Crippen LogP contribution is -2.46. The Balaban J connectivity index is 1.76. The molecule has 6 heteroatoms. The summed E-state index contributed by atoms with van der Waals surface area (Å²) in [4.78, 5) is 27.9. The van der Waals surface area contributed by atoms with Gasteiger partial charge in [-0.3, -0.25) is 4.90 Å². The highest BCUT2D eigenvalue weighted by molar-refractivity contribution is 5.82. The van der Waals surface area contributed by atoms with Gasteiger partial charge in [-0.25, -0.2) is 14.0 Å². The average molecular weight is 462 g/mol. The molecule has 0 radical (unpaired) electrons. The second-order valence-corrected chi connectivity index (χ2v) is 11.4. The first-order valence-electron chi connectivity index (χ1n) is 12.4. The van der Waals surface area contributed by atoms with Gasteiger partial charge in [-0.05, 0) is 87.8 Å². The van der Waals surface area contributed by atoms with Gasteiger partial charge in [0.25, 0.3) is 0 Å². The van der Waals surface area contributed by atoms with E-state index in [1.807, 2.05) is 26.8 Å². The van der Waals surface area contributed by atoms with E-state index in [4.69, 9.17) is 9.47 Å². The summed E-state index contributed by atoms with van der Waals surface area (Å²) in [5, 5.41) is 0. The highest BCUT2D eigenvalue weighted by Crippen LogP contribution is 2.37. The van der Waals surface area contributed by atoms with Gasteiger partial charge < -0.3 is 9.47 Å². The Hall–Kier alpha value is -2.11. The van der Waals surface area contributed by atoms with Crippen molar-refractivity contribution < 1.29 is 23.5 Å². The number of carbonyl (C=O) groups excluding carboxylic acids is 2. The molecular weight excluding hydrogens is 421 g/mol. The molecule has 3 rings (SSSR count). The van der Waals surface area contributed by atoms with E-state index in [0.29, 0.717) is 37.1 Å². The second-order valence-electron chi connectivity index (χ2n) is 11.4. The molecule has 2 aliphatic rings. The molecule has 0 N–H and O–H groups in total. The fraction of sp³-hybridized carbons (Fsp3) is 0.704. The molecular formula is C27H40FNO4. The number of rotatable bonds is 5. The molecule has 1 aliphatic heterocycles. The zero-order valence-corrected chi connectivity index (χ0v) is 21.0. The molecule has 1 aromatic carbocycles. The Morgan fingerprint density at radius 1 is 1.18 bits per heavy atom. The molecule has 33 heavy (non-hydrogen) atoms. The van der Waals surface area contributed by atoms with Gasteiger partial charge in [-0.1, -0.05) is 39.3 Å². The summed E-state index contributed by atoms with van der Waals surface area (Å²) in [6.45, 7) is 12.4. The third kappa shape index (κ3) is 6.94. The maximum atomic E-state index is 13.7. The van der Waals surface area contributed by atoms with Crippen LogP contribution in [-0.4, -0.2) is 41.3 Å².